The van der Waals surface area contributed by atoms with Gasteiger partial charge in [0.1, 0.15) is 10.6 Å². The zero-order chi connectivity index (χ0) is 16.3. The highest BCUT2D eigenvalue weighted by Gasteiger charge is 2.33. The minimum atomic E-state index is -3.80. The Morgan fingerprint density at radius 3 is 2.68 bits per heavy atom. The van der Waals surface area contributed by atoms with Crippen molar-refractivity contribution in [2.75, 3.05) is 7.11 Å². The molecule has 2 atom stereocenters. The summed E-state index contributed by atoms with van der Waals surface area (Å²) in [4.78, 5) is 11.6. The van der Waals surface area contributed by atoms with Gasteiger partial charge >= 0.3 is 0 Å². The number of methoxy groups -OCH3 is 1. The van der Waals surface area contributed by atoms with Gasteiger partial charge in [0.25, 0.3) is 0 Å². The Hall–Kier alpha value is -1.12. The van der Waals surface area contributed by atoms with Crippen molar-refractivity contribution in [3.05, 3.63) is 22.7 Å². The second-order valence-corrected chi connectivity index (χ2v) is 7.91. The normalized spacial score (nSPS) is 22.3. The molecule has 0 spiro atoms. The number of hydrogen-bond acceptors (Lipinski definition) is 4. The standard InChI is InChI=1S/C14H19BrN2O4S/c1-21-12-7-6-9(15)8-13(12)22(19,20)17-11-5-3-2-4-10(11)14(16)18/h6-8,10-11,17H,2-5H2,1H3,(H2,16,18)/t10-,11-/m1/s1. The summed E-state index contributed by atoms with van der Waals surface area (Å²) in [5.74, 6) is -0.683. The fraction of sp³-hybridized carbons (Fsp3) is 0.500. The SMILES string of the molecule is COc1ccc(Br)cc1S(=O)(=O)N[C@@H]1CCCC[C@H]1C(N)=O. The van der Waals surface area contributed by atoms with Crippen LogP contribution in [0.3, 0.4) is 0 Å². The van der Waals surface area contributed by atoms with Crippen LogP contribution in [0.15, 0.2) is 27.6 Å². The maximum absolute atomic E-state index is 12.6. The fourth-order valence-corrected chi connectivity index (χ4v) is 4.75. The van der Waals surface area contributed by atoms with E-state index in [0.717, 1.165) is 12.8 Å². The molecule has 3 N–H and O–H groups in total. The third-order valence-electron chi connectivity index (χ3n) is 3.85. The lowest BCUT2D eigenvalue weighted by atomic mass is 9.85. The summed E-state index contributed by atoms with van der Waals surface area (Å²) >= 11 is 3.26. The van der Waals surface area contributed by atoms with Crippen molar-refractivity contribution < 1.29 is 17.9 Å². The van der Waals surface area contributed by atoms with E-state index in [9.17, 15) is 13.2 Å². The molecule has 1 aromatic rings. The minimum Gasteiger partial charge on any atom is -0.495 e. The molecule has 8 heteroatoms. The van der Waals surface area contributed by atoms with Gasteiger partial charge in [0.2, 0.25) is 15.9 Å². The Morgan fingerprint density at radius 2 is 2.05 bits per heavy atom. The molecule has 0 bridgehead atoms. The van der Waals surface area contributed by atoms with Crippen molar-refractivity contribution in [3.8, 4) is 5.75 Å². The van der Waals surface area contributed by atoms with Crippen LogP contribution in [0.5, 0.6) is 5.75 Å². The molecule has 0 unspecified atom stereocenters. The van der Waals surface area contributed by atoms with Crippen molar-refractivity contribution in [2.45, 2.75) is 36.6 Å². The van der Waals surface area contributed by atoms with Gasteiger partial charge in [0.05, 0.1) is 13.0 Å². The minimum absolute atomic E-state index is 0.0400. The molecule has 1 aliphatic rings. The smallest absolute Gasteiger partial charge is 0.244 e. The van der Waals surface area contributed by atoms with E-state index >= 15 is 0 Å². The van der Waals surface area contributed by atoms with Crippen LogP contribution in [0.25, 0.3) is 0 Å². The lowest BCUT2D eigenvalue weighted by Gasteiger charge is -2.29. The maximum Gasteiger partial charge on any atom is 0.244 e. The summed E-state index contributed by atoms with van der Waals surface area (Å²) in [6, 6.07) is 4.28. The topological polar surface area (TPSA) is 98.5 Å². The van der Waals surface area contributed by atoms with Crippen molar-refractivity contribution in [2.24, 2.45) is 11.7 Å². The number of benzene rings is 1. The first kappa shape index (κ1) is 17.2. The third kappa shape index (κ3) is 3.80. The van der Waals surface area contributed by atoms with Gasteiger partial charge in [-0.15, -0.1) is 0 Å². The Kier molecular flexibility index (Phi) is 5.46. The molecule has 0 radical (unpaired) electrons. The van der Waals surface area contributed by atoms with Crippen LogP contribution in [0.2, 0.25) is 0 Å². The lowest BCUT2D eigenvalue weighted by Crippen LogP contribution is -2.47. The van der Waals surface area contributed by atoms with Gasteiger partial charge in [-0.05, 0) is 31.0 Å². The van der Waals surface area contributed by atoms with E-state index in [1.165, 1.54) is 13.2 Å². The predicted octanol–water partition coefficient (Wildman–Crippen LogP) is 1.78. The molecule has 0 saturated heterocycles. The molecule has 22 heavy (non-hydrogen) atoms. The van der Waals surface area contributed by atoms with Crippen LogP contribution in [-0.2, 0) is 14.8 Å². The first-order valence-corrected chi connectivity index (χ1v) is 9.28. The Bertz CT molecular complexity index is 663. The van der Waals surface area contributed by atoms with Gasteiger partial charge in [0, 0.05) is 10.5 Å². The number of carbonyl (C=O) groups excluding carboxylic acids is 1. The predicted molar refractivity (Wildman–Crippen MR) is 86.0 cm³/mol. The number of primary amides is 1. The molecule has 0 aliphatic heterocycles. The Labute approximate surface area is 138 Å². The van der Waals surface area contributed by atoms with Gasteiger partial charge in [-0.3, -0.25) is 4.79 Å². The molecular formula is C14H19BrN2O4S. The van der Waals surface area contributed by atoms with Gasteiger partial charge in [0.15, 0.2) is 0 Å². The number of sulfonamides is 1. The molecular weight excluding hydrogens is 372 g/mol. The van der Waals surface area contributed by atoms with Gasteiger partial charge in [-0.2, -0.15) is 0 Å². The molecule has 122 valence electrons. The molecule has 1 aromatic carbocycles. The molecule has 0 heterocycles. The monoisotopic (exact) mass is 390 g/mol. The number of rotatable bonds is 5. The lowest BCUT2D eigenvalue weighted by molar-refractivity contribution is -0.123. The number of hydrogen-bond donors (Lipinski definition) is 2. The van der Waals surface area contributed by atoms with Crippen molar-refractivity contribution in [1.82, 2.24) is 4.72 Å². The zero-order valence-corrected chi connectivity index (χ0v) is 14.6. The second-order valence-electron chi connectivity index (χ2n) is 5.32. The van der Waals surface area contributed by atoms with Crippen LogP contribution in [-0.4, -0.2) is 27.5 Å². The summed E-state index contributed by atoms with van der Waals surface area (Å²) < 4.78 is 33.6. The van der Waals surface area contributed by atoms with Crippen LogP contribution >= 0.6 is 15.9 Å². The van der Waals surface area contributed by atoms with Crippen molar-refractivity contribution in [1.29, 1.82) is 0 Å². The van der Waals surface area contributed by atoms with E-state index in [1.54, 1.807) is 12.1 Å². The van der Waals surface area contributed by atoms with Crippen LogP contribution in [0, 0.1) is 5.92 Å². The Balaban J connectivity index is 2.31. The molecule has 1 saturated carbocycles. The van der Waals surface area contributed by atoms with Crippen LogP contribution < -0.4 is 15.2 Å². The van der Waals surface area contributed by atoms with E-state index in [1.807, 2.05) is 0 Å². The quantitative estimate of drug-likeness (QED) is 0.800. The highest BCUT2D eigenvalue weighted by Crippen LogP contribution is 2.30. The van der Waals surface area contributed by atoms with E-state index in [0.29, 0.717) is 17.3 Å². The third-order valence-corrected chi connectivity index (χ3v) is 5.86. The molecule has 2 rings (SSSR count). The van der Waals surface area contributed by atoms with Crippen LogP contribution in [0.1, 0.15) is 25.7 Å². The summed E-state index contributed by atoms with van der Waals surface area (Å²) in [6.07, 6.45) is 2.96. The summed E-state index contributed by atoms with van der Waals surface area (Å²) in [5.41, 5.74) is 5.39. The number of amides is 1. The molecule has 1 amide bonds. The van der Waals surface area contributed by atoms with Crippen molar-refractivity contribution in [3.63, 3.8) is 0 Å². The molecule has 1 aliphatic carbocycles. The summed E-state index contributed by atoms with van der Waals surface area (Å²) in [7, 11) is -2.39. The van der Waals surface area contributed by atoms with Gasteiger partial charge in [-0.1, -0.05) is 28.8 Å². The average molecular weight is 391 g/mol. The zero-order valence-electron chi connectivity index (χ0n) is 12.2. The Morgan fingerprint density at radius 1 is 1.36 bits per heavy atom. The summed E-state index contributed by atoms with van der Waals surface area (Å²) in [6.45, 7) is 0. The fourth-order valence-electron chi connectivity index (χ4n) is 2.74. The number of halogens is 1. The van der Waals surface area contributed by atoms with E-state index in [-0.39, 0.29) is 10.6 Å². The number of carbonyl (C=O) groups is 1. The first-order chi connectivity index (χ1) is 10.3. The number of nitrogens with one attached hydrogen (secondary N) is 1. The van der Waals surface area contributed by atoms with Gasteiger partial charge in [-0.25, -0.2) is 13.1 Å². The average Bonchev–Trinajstić information content (AvgIpc) is 2.47. The number of ether oxygens (including phenoxy) is 1. The maximum atomic E-state index is 12.6. The molecule has 6 nitrogen and oxygen atoms in total. The van der Waals surface area contributed by atoms with E-state index in [2.05, 4.69) is 20.7 Å². The molecule has 1 fully saturated rings. The second kappa shape index (κ2) is 6.97. The summed E-state index contributed by atoms with van der Waals surface area (Å²) in [5, 5.41) is 0. The van der Waals surface area contributed by atoms with Crippen LogP contribution in [0.4, 0.5) is 0 Å². The van der Waals surface area contributed by atoms with Crippen molar-refractivity contribution >= 4 is 31.9 Å². The van der Waals surface area contributed by atoms with E-state index < -0.39 is 27.9 Å². The highest BCUT2D eigenvalue weighted by molar-refractivity contribution is 9.10. The van der Waals surface area contributed by atoms with Gasteiger partial charge < -0.3 is 10.5 Å². The largest absolute Gasteiger partial charge is 0.495 e. The molecule has 0 aromatic heterocycles. The van der Waals surface area contributed by atoms with E-state index in [4.69, 9.17) is 10.5 Å². The highest BCUT2D eigenvalue weighted by atomic mass is 79.9. The first-order valence-electron chi connectivity index (χ1n) is 7.00. The number of nitrogens with two attached hydrogens (primary N) is 1.